The SMILES string of the molecule is COC(NN)c1ccccc1. The summed E-state index contributed by atoms with van der Waals surface area (Å²) in [5.74, 6) is 5.24. The summed E-state index contributed by atoms with van der Waals surface area (Å²) < 4.78 is 5.05. The fraction of sp³-hybridized carbons (Fsp3) is 0.250. The van der Waals surface area contributed by atoms with Gasteiger partial charge in [0.2, 0.25) is 0 Å². The van der Waals surface area contributed by atoms with E-state index in [0.29, 0.717) is 0 Å². The largest absolute Gasteiger partial charge is 0.361 e. The molecule has 0 amide bonds. The van der Waals surface area contributed by atoms with Gasteiger partial charge in [-0.1, -0.05) is 30.3 Å². The van der Waals surface area contributed by atoms with Crippen molar-refractivity contribution in [3.05, 3.63) is 35.9 Å². The third-order valence-corrected chi connectivity index (χ3v) is 1.49. The van der Waals surface area contributed by atoms with Gasteiger partial charge in [-0.05, 0) is 5.56 Å². The van der Waals surface area contributed by atoms with E-state index in [1.165, 1.54) is 0 Å². The van der Waals surface area contributed by atoms with E-state index >= 15 is 0 Å². The van der Waals surface area contributed by atoms with Gasteiger partial charge >= 0.3 is 0 Å². The lowest BCUT2D eigenvalue weighted by atomic mass is 10.2. The third kappa shape index (κ3) is 2.01. The molecule has 11 heavy (non-hydrogen) atoms. The fourth-order valence-electron chi connectivity index (χ4n) is 0.928. The maximum Gasteiger partial charge on any atom is 0.145 e. The topological polar surface area (TPSA) is 47.3 Å². The molecule has 0 aliphatic rings. The summed E-state index contributed by atoms with van der Waals surface area (Å²) in [5.41, 5.74) is 3.57. The Morgan fingerprint density at radius 2 is 2.00 bits per heavy atom. The quantitative estimate of drug-likeness (QED) is 0.382. The van der Waals surface area contributed by atoms with Crippen LogP contribution in [0.1, 0.15) is 11.8 Å². The number of hydrazine groups is 1. The molecule has 0 fully saturated rings. The summed E-state index contributed by atoms with van der Waals surface area (Å²) in [4.78, 5) is 0. The average molecular weight is 152 g/mol. The van der Waals surface area contributed by atoms with E-state index in [1.54, 1.807) is 7.11 Å². The first-order valence-electron chi connectivity index (χ1n) is 3.42. The van der Waals surface area contributed by atoms with Crippen molar-refractivity contribution in [2.45, 2.75) is 6.23 Å². The van der Waals surface area contributed by atoms with Gasteiger partial charge in [-0.2, -0.15) is 0 Å². The van der Waals surface area contributed by atoms with Gasteiger partial charge in [0.15, 0.2) is 0 Å². The van der Waals surface area contributed by atoms with Crippen molar-refractivity contribution in [2.75, 3.05) is 7.11 Å². The highest BCUT2D eigenvalue weighted by molar-refractivity contribution is 5.16. The number of nitrogens with two attached hydrogens (primary N) is 1. The highest BCUT2D eigenvalue weighted by Crippen LogP contribution is 2.10. The Labute approximate surface area is 66.1 Å². The summed E-state index contributed by atoms with van der Waals surface area (Å²) in [6.45, 7) is 0. The normalized spacial score (nSPS) is 12.9. The maximum atomic E-state index is 5.24. The average Bonchev–Trinajstić information content (AvgIpc) is 2.09. The van der Waals surface area contributed by atoms with Crippen LogP contribution in [0.25, 0.3) is 0 Å². The minimum atomic E-state index is -0.212. The van der Waals surface area contributed by atoms with Gasteiger partial charge in [0.05, 0.1) is 0 Å². The molecule has 3 N–H and O–H groups in total. The molecule has 3 nitrogen and oxygen atoms in total. The molecule has 0 saturated heterocycles. The number of benzene rings is 1. The van der Waals surface area contributed by atoms with E-state index in [-0.39, 0.29) is 6.23 Å². The molecule has 0 spiro atoms. The lowest BCUT2D eigenvalue weighted by Gasteiger charge is -2.13. The van der Waals surface area contributed by atoms with Gasteiger partial charge < -0.3 is 4.74 Å². The Morgan fingerprint density at radius 3 is 2.45 bits per heavy atom. The fourth-order valence-corrected chi connectivity index (χ4v) is 0.928. The van der Waals surface area contributed by atoms with E-state index in [0.717, 1.165) is 5.56 Å². The molecule has 1 aromatic rings. The molecule has 0 aliphatic carbocycles. The maximum absolute atomic E-state index is 5.24. The molecular formula is C8H12N2O. The zero-order valence-electron chi connectivity index (χ0n) is 6.45. The van der Waals surface area contributed by atoms with Gasteiger partial charge in [0, 0.05) is 7.11 Å². The van der Waals surface area contributed by atoms with Gasteiger partial charge in [0.1, 0.15) is 6.23 Å². The van der Waals surface area contributed by atoms with Crippen LogP contribution in [0.3, 0.4) is 0 Å². The molecule has 0 bridgehead atoms. The van der Waals surface area contributed by atoms with Crippen molar-refractivity contribution >= 4 is 0 Å². The van der Waals surface area contributed by atoms with Crippen LogP contribution in [0, 0.1) is 0 Å². The molecule has 1 unspecified atom stereocenters. The number of nitrogens with one attached hydrogen (secondary N) is 1. The summed E-state index contributed by atoms with van der Waals surface area (Å²) in [7, 11) is 1.61. The first kappa shape index (κ1) is 8.20. The predicted octanol–water partition coefficient (Wildman–Crippen LogP) is 0.795. The Balaban J connectivity index is 2.74. The lowest BCUT2D eigenvalue weighted by molar-refractivity contribution is 0.0741. The Morgan fingerprint density at radius 1 is 1.36 bits per heavy atom. The summed E-state index contributed by atoms with van der Waals surface area (Å²) in [6.07, 6.45) is -0.212. The number of ether oxygens (including phenoxy) is 1. The second-order valence-corrected chi connectivity index (χ2v) is 2.19. The van der Waals surface area contributed by atoms with Gasteiger partial charge in [-0.15, -0.1) is 0 Å². The molecule has 60 valence electrons. The summed E-state index contributed by atoms with van der Waals surface area (Å²) in [6, 6.07) is 9.74. The van der Waals surface area contributed by atoms with Crippen molar-refractivity contribution in [2.24, 2.45) is 5.84 Å². The Kier molecular flexibility index (Phi) is 3.04. The van der Waals surface area contributed by atoms with E-state index in [1.807, 2.05) is 30.3 Å². The van der Waals surface area contributed by atoms with Crippen molar-refractivity contribution in [1.29, 1.82) is 0 Å². The van der Waals surface area contributed by atoms with Crippen LogP contribution >= 0.6 is 0 Å². The smallest absolute Gasteiger partial charge is 0.145 e. The summed E-state index contributed by atoms with van der Waals surface area (Å²) in [5, 5.41) is 0. The van der Waals surface area contributed by atoms with Gasteiger partial charge in [0.25, 0.3) is 0 Å². The van der Waals surface area contributed by atoms with Crippen LogP contribution in [0.15, 0.2) is 30.3 Å². The van der Waals surface area contributed by atoms with Gasteiger partial charge in [-0.3, -0.25) is 5.84 Å². The minimum Gasteiger partial charge on any atom is -0.361 e. The molecule has 1 atom stereocenters. The Hall–Kier alpha value is -0.900. The molecule has 3 heteroatoms. The molecule has 0 heterocycles. The first-order chi connectivity index (χ1) is 5.38. The van der Waals surface area contributed by atoms with Crippen LogP contribution in [-0.2, 0) is 4.74 Å². The van der Waals surface area contributed by atoms with Crippen molar-refractivity contribution in [3.63, 3.8) is 0 Å². The highest BCUT2D eigenvalue weighted by Gasteiger charge is 2.04. The second-order valence-electron chi connectivity index (χ2n) is 2.19. The van der Waals surface area contributed by atoms with E-state index in [4.69, 9.17) is 10.6 Å². The highest BCUT2D eigenvalue weighted by atomic mass is 16.5. The lowest BCUT2D eigenvalue weighted by Crippen LogP contribution is -2.29. The molecule has 0 radical (unpaired) electrons. The zero-order valence-corrected chi connectivity index (χ0v) is 6.45. The molecule has 0 aliphatic heterocycles. The predicted molar refractivity (Wildman–Crippen MR) is 43.5 cm³/mol. The van der Waals surface area contributed by atoms with Crippen molar-refractivity contribution < 1.29 is 4.74 Å². The molecular weight excluding hydrogens is 140 g/mol. The van der Waals surface area contributed by atoms with Crippen LogP contribution < -0.4 is 11.3 Å². The van der Waals surface area contributed by atoms with E-state index in [9.17, 15) is 0 Å². The summed E-state index contributed by atoms with van der Waals surface area (Å²) >= 11 is 0. The number of methoxy groups -OCH3 is 1. The molecule has 0 saturated carbocycles. The van der Waals surface area contributed by atoms with Crippen LogP contribution in [0.4, 0.5) is 0 Å². The van der Waals surface area contributed by atoms with E-state index < -0.39 is 0 Å². The number of rotatable bonds is 3. The molecule has 1 aromatic carbocycles. The number of hydrogen-bond acceptors (Lipinski definition) is 3. The third-order valence-electron chi connectivity index (χ3n) is 1.49. The molecule has 0 aromatic heterocycles. The Bertz CT molecular complexity index is 197. The minimum absolute atomic E-state index is 0.212. The van der Waals surface area contributed by atoms with Crippen LogP contribution in [0.2, 0.25) is 0 Å². The van der Waals surface area contributed by atoms with Crippen molar-refractivity contribution in [1.82, 2.24) is 5.43 Å². The zero-order chi connectivity index (χ0) is 8.10. The van der Waals surface area contributed by atoms with E-state index in [2.05, 4.69) is 5.43 Å². The first-order valence-corrected chi connectivity index (χ1v) is 3.42. The molecule has 1 rings (SSSR count). The standard InChI is InChI=1S/C8H12N2O/c1-11-8(10-9)7-5-3-2-4-6-7/h2-6,8,10H,9H2,1H3. The van der Waals surface area contributed by atoms with Crippen LogP contribution in [-0.4, -0.2) is 7.11 Å². The van der Waals surface area contributed by atoms with Gasteiger partial charge in [-0.25, -0.2) is 5.43 Å². The monoisotopic (exact) mass is 152 g/mol. The second kappa shape index (κ2) is 4.08. The van der Waals surface area contributed by atoms with Crippen LogP contribution in [0.5, 0.6) is 0 Å². The number of hydrogen-bond donors (Lipinski definition) is 2. The van der Waals surface area contributed by atoms with Crippen molar-refractivity contribution in [3.8, 4) is 0 Å².